The van der Waals surface area contributed by atoms with E-state index in [9.17, 15) is 4.79 Å². The molecule has 1 aliphatic rings. The zero-order chi connectivity index (χ0) is 19.6. The van der Waals surface area contributed by atoms with Crippen LogP contribution in [0.5, 0.6) is 0 Å². The van der Waals surface area contributed by atoms with Gasteiger partial charge in [0.25, 0.3) is 0 Å². The number of thiophene rings is 1. The number of fused-ring (bicyclic) bond motifs is 2. The van der Waals surface area contributed by atoms with Crippen molar-refractivity contribution in [2.75, 3.05) is 10.7 Å². The maximum Gasteiger partial charge on any atom is 0.242 e. The van der Waals surface area contributed by atoms with Crippen molar-refractivity contribution in [1.29, 1.82) is 0 Å². The number of thioether (sulfide) groups is 1. The lowest BCUT2D eigenvalue weighted by Gasteiger charge is -2.30. The normalized spacial score (nSPS) is 12.5. The molecule has 1 amide bonds. The molecule has 3 heterocycles. The molecular weight excluding hydrogens is 422 g/mol. The summed E-state index contributed by atoms with van der Waals surface area (Å²) in [5, 5.41) is 14.6. The summed E-state index contributed by atoms with van der Waals surface area (Å²) in [6, 6.07) is 20.0. The molecule has 0 radical (unpaired) electrons. The second-order valence-electron chi connectivity index (χ2n) is 6.25. The molecule has 0 aliphatic carbocycles. The molecule has 144 valence electrons. The molecule has 0 fully saturated rings. The van der Waals surface area contributed by atoms with Gasteiger partial charge in [0.05, 0.1) is 23.7 Å². The van der Waals surface area contributed by atoms with Crippen molar-refractivity contribution < 1.29 is 4.79 Å². The minimum absolute atomic E-state index is 0.000809. The van der Waals surface area contributed by atoms with E-state index in [1.807, 2.05) is 70.9 Å². The summed E-state index contributed by atoms with van der Waals surface area (Å²) in [5.41, 5.74) is 1.83. The van der Waals surface area contributed by atoms with Crippen LogP contribution in [0.2, 0.25) is 0 Å². The third-order valence-corrected chi connectivity index (χ3v) is 7.32. The van der Waals surface area contributed by atoms with Crippen LogP contribution >= 0.6 is 34.9 Å². The lowest BCUT2D eigenvalue weighted by molar-refractivity contribution is -0.115. The number of anilines is 2. The van der Waals surface area contributed by atoms with Crippen molar-refractivity contribution in [3.63, 3.8) is 0 Å². The van der Waals surface area contributed by atoms with Crippen LogP contribution in [0.4, 0.5) is 11.4 Å². The molecule has 1 aliphatic heterocycles. The van der Waals surface area contributed by atoms with E-state index in [2.05, 4.69) is 15.5 Å². The zero-order valence-electron chi connectivity index (χ0n) is 15.1. The summed E-state index contributed by atoms with van der Waals surface area (Å²) in [6.45, 7) is 0.604. The van der Waals surface area contributed by atoms with Crippen LogP contribution in [0.25, 0.3) is 0 Å². The van der Waals surface area contributed by atoms with E-state index >= 15 is 0 Å². The molecule has 0 atom stereocenters. The van der Waals surface area contributed by atoms with Gasteiger partial charge < -0.3 is 0 Å². The van der Waals surface area contributed by atoms with E-state index in [-0.39, 0.29) is 11.7 Å². The first-order valence-electron chi connectivity index (χ1n) is 8.90. The van der Waals surface area contributed by atoms with E-state index in [1.54, 1.807) is 27.8 Å². The molecule has 0 N–H and O–H groups in total. The smallest absolute Gasteiger partial charge is 0.242 e. The molecule has 0 bridgehead atoms. The number of para-hydroxylation sites is 2. The predicted octanol–water partition coefficient (Wildman–Crippen LogP) is 4.70. The molecule has 2 aromatic heterocycles. The van der Waals surface area contributed by atoms with Crippen molar-refractivity contribution in [3.05, 3.63) is 70.9 Å². The Bertz CT molecular complexity index is 1110. The molecule has 4 aromatic rings. The van der Waals surface area contributed by atoms with Gasteiger partial charge in [-0.3, -0.25) is 9.69 Å². The van der Waals surface area contributed by atoms with Crippen LogP contribution < -0.4 is 4.90 Å². The lowest BCUT2D eigenvalue weighted by atomic mass is 10.2. The maximum absolute atomic E-state index is 13.3. The Balaban J connectivity index is 1.38. The summed E-state index contributed by atoms with van der Waals surface area (Å²) in [4.78, 5) is 18.4. The highest BCUT2D eigenvalue weighted by atomic mass is 32.2. The third-order valence-electron chi connectivity index (χ3n) is 4.39. The highest BCUT2D eigenvalue weighted by Gasteiger charge is 2.28. The Hall–Kier alpha value is -2.62. The van der Waals surface area contributed by atoms with E-state index in [0.717, 1.165) is 21.2 Å². The third kappa shape index (κ3) is 3.68. The van der Waals surface area contributed by atoms with E-state index in [1.165, 1.54) is 16.6 Å². The fraction of sp³-hybridized carbons (Fsp3) is 0.100. The van der Waals surface area contributed by atoms with Crippen LogP contribution in [0.15, 0.2) is 81.0 Å². The molecule has 5 rings (SSSR count). The van der Waals surface area contributed by atoms with Gasteiger partial charge in [0.15, 0.2) is 0 Å². The van der Waals surface area contributed by atoms with Gasteiger partial charge in [-0.25, -0.2) is 4.68 Å². The number of nitrogens with zero attached hydrogens (tertiary/aromatic N) is 5. The summed E-state index contributed by atoms with van der Waals surface area (Å²) in [5.74, 6) is 0.249. The average Bonchev–Trinajstić information content (AvgIpc) is 3.42. The number of carbonyl (C=O) groups is 1. The monoisotopic (exact) mass is 437 g/mol. The summed E-state index contributed by atoms with van der Waals surface area (Å²) in [6.07, 6.45) is 0. The van der Waals surface area contributed by atoms with Crippen molar-refractivity contribution in [3.8, 4) is 0 Å². The molecule has 0 saturated heterocycles. The second kappa shape index (κ2) is 8.02. The summed E-state index contributed by atoms with van der Waals surface area (Å²) in [7, 11) is 0. The quantitative estimate of drug-likeness (QED) is 0.422. The fourth-order valence-corrected chi connectivity index (χ4v) is 5.58. The first-order valence-corrected chi connectivity index (χ1v) is 11.6. The van der Waals surface area contributed by atoms with E-state index < -0.39 is 0 Å². The number of aromatic nitrogens is 4. The Labute approximate surface area is 179 Å². The number of carbonyl (C=O) groups excluding carboxylic acids is 1. The largest absolute Gasteiger partial charge is 0.278 e. The highest BCUT2D eigenvalue weighted by molar-refractivity contribution is 8.00. The van der Waals surface area contributed by atoms with E-state index in [0.29, 0.717) is 11.7 Å². The highest BCUT2D eigenvalue weighted by Crippen LogP contribution is 2.48. The lowest BCUT2D eigenvalue weighted by Crippen LogP contribution is -2.30. The van der Waals surface area contributed by atoms with Crippen molar-refractivity contribution >= 4 is 52.1 Å². The van der Waals surface area contributed by atoms with Crippen molar-refractivity contribution in [2.24, 2.45) is 0 Å². The van der Waals surface area contributed by atoms with Gasteiger partial charge >= 0.3 is 0 Å². The topological polar surface area (TPSA) is 63.9 Å². The number of tetrazole rings is 1. The standard InChI is InChI=1S/C20H15N5OS3/c26-19(13-28-20-21-22-23-24(20)12-14-6-5-11-27-14)25-15-7-1-3-9-17(15)29-18-10-4-2-8-16(18)25/h1-11H,12-13H2. The van der Waals surface area contributed by atoms with Crippen LogP contribution in [-0.4, -0.2) is 31.9 Å². The predicted molar refractivity (Wildman–Crippen MR) is 116 cm³/mol. The number of hydrogen-bond donors (Lipinski definition) is 0. The molecular formula is C20H15N5OS3. The van der Waals surface area contributed by atoms with Gasteiger partial charge in [-0.1, -0.05) is 53.9 Å². The summed E-state index contributed by atoms with van der Waals surface area (Å²) < 4.78 is 1.73. The maximum atomic E-state index is 13.3. The van der Waals surface area contributed by atoms with Crippen molar-refractivity contribution in [2.45, 2.75) is 21.5 Å². The van der Waals surface area contributed by atoms with Gasteiger partial charge in [-0.15, -0.1) is 16.4 Å². The van der Waals surface area contributed by atoms with Crippen LogP contribution in [-0.2, 0) is 11.3 Å². The zero-order valence-corrected chi connectivity index (χ0v) is 17.6. The average molecular weight is 438 g/mol. The SMILES string of the molecule is O=C(CSc1nnnn1Cc1cccs1)N1c2ccccc2Sc2ccccc21. The van der Waals surface area contributed by atoms with Gasteiger partial charge in [0, 0.05) is 14.7 Å². The number of hydrogen-bond acceptors (Lipinski definition) is 7. The van der Waals surface area contributed by atoms with Crippen LogP contribution in [0.1, 0.15) is 4.88 Å². The Morgan fingerprint density at radius 2 is 1.69 bits per heavy atom. The molecule has 9 heteroatoms. The van der Waals surface area contributed by atoms with Gasteiger partial charge in [0.2, 0.25) is 11.1 Å². The van der Waals surface area contributed by atoms with Gasteiger partial charge in [-0.05, 0) is 46.1 Å². The molecule has 6 nitrogen and oxygen atoms in total. The number of amides is 1. The van der Waals surface area contributed by atoms with Crippen LogP contribution in [0, 0.1) is 0 Å². The molecule has 0 unspecified atom stereocenters. The Morgan fingerprint density at radius 1 is 0.966 bits per heavy atom. The first kappa shape index (κ1) is 18.4. The van der Waals surface area contributed by atoms with Crippen molar-refractivity contribution in [1.82, 2.24) is 20.2 Å². The van der Waals surface area contributed by atoms with Gasteiger partial charge in [-0.2, -0.15) is 0 Å². The molecule has 2 aromatic carbocycles. The van der Waals surface area contributed by atoms with Crippen LogP contribution in [0.3, 0.4) is 0 Å². The molecule has 29 heavy (non-hydrogen) atoms. The number of benzene rings is 2. The Kier molecular flexibility index (Phi) is 5.09. The minimum Gasteiger partial charge on any atom is -0.278 e. The fourth-order valence-electron chi connectivity index (χ4n) is 3.11. The second-order valence-corrected chi connectivity index (χ2v) is 9.31. The minimum atomic E-state index is 0.000809. The summed E-state index contributed by atoms with van der Waals surface area (Å²) >= 11 is 4.71. The van der Waals surface area contributed by atoms with E-state index in [4.69, 9.17) is 0 Å². The molecule has 0 saturated carbocycles. The Morgan fingerprint density at radius 3 is 2.38 bits per heavy atom. The molecule has 0 spiro atoms. The number of rotatable bonds is 5. The van der Waals surface area contributed by atoms with Gasteiger partial charge in [0.1, 0.15) is 0 Å². The first-order chi connectivity index (χ1) is 14.3.